The maximum absolute atomic E-state index is 5.11. The van der Waals surface area contributed by atoms with Gasteiger partial charge < -0.3 is 10.2 Å². The van der Waals surface area contributed by atoms with E-state index in [1.807, 2.05) is 42.7 Å². The van der Waals surface area contributed by atoms with Gasteiger partial charge in [-0.05, 0) is 68.9 Å². The Kier molecular flexibility index (Phi) is 4.98. The van der Waals surface area contributed by atoms with Crippen molar-refractivity contribution in [1.29, 1.82) is 0 Å². The molecule has 4 aromatic heterocycles. The van der Waals surface area contributed by atoms with Gasteiger partial charge in [0.05, 0.1) is 5.39 Å². The van der Waals surface area contributed by atoms with Crippen LogP contribution in [0, 0.1) is 6.92 Å². The summed E-state index contributed by atoms with van der Waals surface area (Å²) in [7, 11) is 0. The average Bonchev–Trinajstić information content (AvgIpc) is 3.41. The van der Waals surface area contributed by atoms with Gasteiger partial charge in [-0.1, -0.05) is 6.07 Å². The van der Waals surface area contributed by atoms with Crippen molar-refractivity contribution in [2.45, 2.75) is 45.1 Å². The van der Waals surface area contributed by atoms with Crippen LogP contribution in [0.25, 0.3) is 21.6 Å². The van der Waals surface area contributed by atoms with E-state index in [1.165, 1.54) is 28.7 Å². The highest BCUT2D eigenvalue weighted by Crippen LogP contribution is 2.42. The van der Waals surface area contributed by atoms with Crippen molar-refractivity contribution >= 4 is 33.2 Å². The first kappa shape index (κ1) is 19.6. The van der Waals surface area contributed by atoms with E-state index in [-0.39, 0.29) is 0 Å². The van der Waals surface area contributed by atoms with Crippen LogP contribution < -0.4 is 10.2 Å². The number of pyridine rings is 2. The van der Waals surface area contributed by atoms with Gasteiger partial charge in [0.2, 0.25) is 0 Å². The number of nitrogens with zero attached hydrogens (tertiary/aromatic N) is 5. The fourth-order valence-electron chi connectivity index (χ4n) is 4.90. The molecule has 0 radical (unpaired) electrons. The van der Waals surface area contributed by atoms with Crippen LogP contribution in [0.4, 0.5) is 11.6 Å². The number of rotatable bonds is 4. The number of hydrogen-bond donors (Lipinski definition) is 1. The van der Waals surface area contributed by atoms with Crippen molar-refractivity contribution in [2.24, 2.45) is 0 Å². The number of anilines is 2. The Bertz CT molecular complexity index is 1260. The minimum Gasteiger partial charge on any atom is -0.367 e. The molecule has 1 aliphatic heterocycles. The van der Waals surface area contributed by atoms with Gasteiger partial charge in [-0.2, -0.15) is 0 Å². The molecule has 1 N–H and O–H groups in total. The summed E-state index contributed by atoms with van der Waals surface area (Å²) in [6.45, 7) is 3.99. The fraction of sp³-hybridized carbons (Fsp3) is 0.360. The van der Waals surface area contributed by atoms with Gasteiger partial charge >= 0.3 is 0 Å². The number of fused-ring (bicyclic) bond motifs is 3. The standard InChI is InChI=1S/C25H26N6S/c1-16-5-2-9-21(27-16)28-18-10-13-31(14-11-18)24-22-19-7-3-8-20(19)32-25(22)30-23(29-24)17-6-4-12-26-15-17/h2,4-6,9,12,15,18H,3,7-8,10-11,13-14H2,1H3,(H,27,28). The molecule has 1 fully saturated rings. The van der Waals surface area contributed by atoms with Crippen molar-refractivity contribution in [3.8, 4) is 11.4 Å². The lowest BCUT2D eigenvalue weighted by atomic mass is 10.0. The molecule has 32 heavy (non-hydrogen) atoms. The van der Waals surface area contributed by atoms with Gasteiger partial charge in [0.15, 0.2) is 5.82 Å². The van der Waals surface area contributed by atoms with Gasteiger partial charge in [-0.25, -0.2) is 15.0 Å². The van der Waals surface area contributed by atoms with Crippen LogP contribution in [0.2, 0.25) is 0 Å². The van der Waals surface area contributed by atoms with E-state index in [2.05, 4.69) is 32.3 Å². The lowest BCUT2D eigenvalue weighted by Crippen LogP contribution is -2.39. The quantitative estimate of drug-likeness (QED) is 0.478. The van der Waals surface area contributed by atoms with Crippen LogP contribution in [-0.4, -0.2) is 39.1 Å². The fourth-order valence-corrected chi connectivity index (χ4v) is 6.15. The molecule has 0 atom stereocenters. The normalized spacial score (nSPS) is 16.5. The van der Waals surface area contributed by atoms with Crippen LogP contribution >= 0.6 is 11.3 Å². The molecule has 2 aliphatic rings. The Morgan fingerprint density at radius 3 is 2.75 bits per heavy atom. The van der Waals surface area contributed by atoms with Crippen molar-refractivity contribution in [2.75, 3.05) is 23.3 Å². The van der Waals surface area contributed by atoms with Crippen LogP contribution in [0.1, 0.15) is 35.4 Å². The molecular weight excluding hydrogens is 416 g/mol. The summed E-state index contributed by atoms with van der Waals surface area (Å²) in [6.07, 6.45) is 9.35. The second-order valence-electron chi connectivity index (χ2n) is 8.72. The lowest BCUT2D eigenvalue weighted by Gasteiger charge is -2.34. The first-order valence-corrected chi connectivity index (χ1v) is 12.2. The first-order chi connectivity index (χ1) is 15.7. The molecule has 0 bridgehead atoms. The zero-order chi connectivity index (χ0) is 21.5. The number of hydrogen-bond acceptors (Lipinski definition) is 7. The minimum atomic E-state index is 0.434. The highest BCUT2D eigenvalue weighted by Gasteiger charge is 2.27. The predicted molar refractivity (Wildman–Crippen MR) is 131 cm³/mol. The number of aromatic nitrogens is 4. The smallest absolute Gasteiger partial charge is 0.164 e. The third-order valence-corrected chi connectivity index (χ3v) is 7.69. The molecule has 6 rings (SSSR count). The van der Waals surface area contributed by atoms with E-state index in [0.29, 0.717) is 6.04 Å². The van der Waals surface area contributed by atoms with Crippen LogP contribution in [0.3, 0.4) is 0 Å². The topological polar surface area (TPSA) is 66.8 Å². The van der Waals surface area contributed by atoms with Crippen molar-refractivity contribution < 1.29 is 0 Å². The van der Waals surface area contributed by atoms with E-state index in [9.17, 15) is 0 Å². The van der Waals surface area contributed by atoms with Gasteiger partial charge in [0.25, 0.3) is 0 Å². The molecule has 0 saturated carbocycles. The minimum absolute atomic E-state index is 0.434. The summed E-state index contributed by atoms with van der Waals surface area (Å²) in [6, 6.07) is 10.6. The van der Waals surface area contributed by atoms with Crippen LogP contribution in [-0.2, 0) is 12.8 Å². The monoisotopic (exact) mass is 442 g/mol. The Morgan fingerprint density at radius 1 is 1.03 bits per heavy atom. The zero-order valence-corrected chi connectivity index (χ0v) is 19.0. The molecule has 5 heterocycles. The summed E-state index contributed by atoms with van der Waals surface area (Å²) in [5.41, 5.74) is 3.51. The lowest BCUT2D eigenvalue weighted by molar-refractivity contribution is 0.523. The largest absolute Gasteiger partial charge is 0.367 e. The van der Waals surface area contributed by atoms with Gasteiger partial charge in [0, 0.05) is 47.7 Å². The summed E-state index contributed by atoms with van der Waals surface area (Å²) in [4.78, 5) is 24.1. The third-order valence-electron chi connectivity index (χ3n) is 6.50. The summed E-state index contributed by atoms with van der Waals surface area (Å²) < 4.78 is 0. The molecule has 6 nitrogen and oxygen atoms in total. The summed E-state index contributed by atoms with van der Waals surface area (Å²) in [5.74, 6) is 2.87. The Hall–Kier alpha value is -3.06. The molecule has 0 amide bonds. The molecule has 0 spiro atoms. The summed E-state index contributed by atoms with van der Waals surface area (Å²) in [5, 5.41) is 4.92. The predicted octanol–water partition coefficient (Wildman–Crippen LogP) is 5.03. The number of thiophene rings is 1. The Morgan fingerprint density at radius 2 is 1.94 bits per heavy atom. The van der Waals surface area contributed by atoms with Crippen molar-refractivity contribution in [1.82, 2.24) is 19.9 Å². The van der Waals surface area contributed by atoms with Gasteiger partial charge in [0.1, 0.15) is 16.5 Å². The first-order valence-electron chi connectivity index (χ1n) is 11.4. The van der Waals surface area contributed by atoms with Crippen LogP contribution in [0.5, 0.6) is 0 Å². The maximum Gasteiger partial charge on any atom is 0.164 e. The Balaban J connectivity index is 1.31. The zero-order valence-electron chi connectivity index (χ0n) is 18.2. The average molecular weight is 443 g/mol. The number of piperidine rings is 1. The van der Waals surface area contributed by atoms with Crippen LogP contribution in [0.15, 0.2) is 42.7 Å². The second-order valence-corrected chi connectivity index (χ2v) is 9.80. The SMILES string of the molecule is Cc1cccc(NC2CCN(c3nc(-c4cccnc4)nc4sc5c(c34)CCC5)CC2)n1. The van der Waals surface area contributed by atoms with Crippen molar-refractivity contribution in [3.05, 3.63) is 58.9 Å². The highest BCUT2D eigenvalue weighted by molar-refractivity contribution is 7.19. The second kappa shape index (κ2) is 8.13. The van der Waals surface area contributed by atoms with E-state index >= 15 is 0 Å². The van der Waals surface area contributed by atoms with Gasteiger partial charge in [-0.3, -0.25) is 4.98 Å². The molecule has 1 saturated heterocycles. The molecular formula is C25H26N6S. The van der Waals surface area contributed by atoms with Crippen molar-refractivity contribution in [3.63, 3.8) is 0 Å². The molecule has 7 heteroatoms. The van der Waals surface area contributed by atoms with E-state index < -0.39 is 0 Å². The number of nitrogens with one attached hydrogen (secondary N) is 1. The molecule has 1 aliphatic carbocycles. The third kappa shape index (κ3) is 3.60. The van der Waals surface area contributed by atoms with Gasteiger partial charge in [-0.15, -0.1) is 11.3 Å². The molecule has 162 valence electrons. The summed E-state index contributed by atoms with van der Waals surface area (Å²) >= 11 is 1.86. The van der Waals surface area contributed by atoms with E-state index in [0.717, 1.165) is 65.9 Å². The number of aryl methyl sites for hydroxylation is 3. The molecule has 4 aromatic rings. The maximum atomic E-state index is 5.11. The Labute approximate surface area is 191 Å². The molecule has 0 unspecified atom stereocenters. The van der Waals surface area contributed by atoms with E-state index in [1.54, 1.807) is 6.20 Å². The van der Waals surface area contributed by atoms with E-state index in [4.69, 9.17) is 9.97 Å². The molecule has 0 aromatic carbocycles. The highest BCUT2D eigenvalue weighted by atomic mass is 32.1.